The third-order valence-corrected chi connectivity index (χ3v) is 7.47. The van der Waals surface area contributed by atoms with E-state index in [1.165, 1.54) is 0 Å². The first-order valence-corrected chi connectivity index (χ1v) is 15.2. The molecule has 2 rings (SSSR count). The highest BCUT2D eigenvalue weighted by Gasteiger charge is 2.31. The summed E-state index contributed by atoms with van der Waals surface area (Å²) < 4.78 is 2.10. The van der Waals surface area contributed by atoms with Gasteiger partial charge < -0.3 is 53.1 Å². The zero-order chi connectivity index (χ0) is 33.4. The predicted molar refractivity (Wildman–Crippen MR) is 174 cm³/mol. The maximum Gasteiger partial charge on any atom is 0.326 e. The molecule has 4 atom stereocenters. The number of carbonyl (C=O) groups excluding carboxylic acids is 3. The van der Waals surface area contributed by atoms with Crippen LogP contribution in [0.4, 0.5) is 0 Å². The van der Waals surface area contributed by atoms with Gasteiger partial charge in [-0.1, -0.05) is 30.3 Å². The number of rotatable bonds is 20. The number of aliphatic imine (C=N–C) groups is 1. The number of guanidine groups is 1. The maximum absolute atomic E-state index is 13.7. The zero-order valence-electron chi connectivity index (χ0n) is 25.8. The van der Waals surface area contributed by atoms with Gasteiger partial charge in [-0.2, -0.15) is 0 Å². The van der Waals surface area contributed by atoms with Crippen molar-refractivity contribution in [1.82, 2.24) is 30.8 Å². The molecule has 0 fully saturated rings. The number of aryl methyl sites for hydroxylation is 1. The summed E-state index contributed by atoms with van der Waals surface area (Å²) in [5, 5.41) is 20.9. The number of unbranched alkanes of at least 4 members (excludes halogenated alkanes) is 1. The molecule has 0 radical (unpaired) electrons. The number of aromatic amines is 1. The van der Waals surface area contributed by atoms with E-state index in [0.717, 1.165) is 5.56 Å². The van der Waals surface area contributed by atoms with Crippen molar-refractivity contribution in [1.29, 1.82) is 0 Å². The molecule has 0 aliphatic heterocycles. The van der Waals surface area contributed by atoms with Crippen LogP contribution < -0.4 is 38.5 Å². The Hall–Kier alpha value is -4.28. The van der Waals surface area contributed by atoms with E-state index in [1.54, 1.807) is 49.1 Å². The number of aromatic nitrogens is 2. The summed E-state index contributed by atoms with van der Waals surface area (Å²) in [6.45, 7) is 0.716. The van der Waals surface area contributed by atoms with Crippen LogP contribution in [0.3, 0.4) is 0 Å². The molecule has 0 saturated heterocycles. The molecule has 16 heteroatoms. The Morgan fingerprint density at radius 1 is 0.911 bits per heavy atom. The molecule has 0 aliphatic rings. The van der Waals surface area contributed by atoms with Crippen molar-refractivity contribution >= 4 is 41.9 Å². The van der Waals surface area contributed by atoms with E-state index in [2.05, 4.69) is 31.2 Å². The van der Waals surface area contributed by atoms with Crippen molar-refractivity contribution in [3.63, 3.8) is 0 Å². The second-order valence-corrected chi connectivity index (χ2v) is 11.1. The van der Waals surface area contributed by atoms with Gasteiger partial charge in [-0.3, -0.25) is 19.4 Å². The van der Waals surface area contributed by atoms with Gasteiger partial charge in [0.25, 0.3) is 0 Å². The van der Waals surface area contributed by atoms with E-state index in [-0.39, 0.29) is 25.2 Å². The first-order chi connectivity index (χ1) is 21.4. The molecule has 2 aromatic rings. The summed E-state index contributed by atoms with van der Waals surface area (Å²) in [6, 6.07) is 4.87. The van der Waals surface area contributed by atoms with E-state index in [4.69, 9.17) is 29.4 Å². The molecule has 15 nitrogen and oxygen atoms in total. The Morgan fingerprint density at radius 3 is 2.09 bits per heavy atom. The van der Waals surface area contributed by atoms with Crippen LogP contribution in [0, 0.1) is 4.77 Å². The van der Waals surface area contributed by atoms with Crippen LogP contribution in [-0.2, 0) is 39.1 Å². The lowest BCUT2D eigenvalue weighted by Crippen LogP contribution is -2.58. The van der Waals surface area contributed by atoms with Crippen LogP contribution in [0.2, 0.25) is 0 Å². The number of carboxylic acid groups (broad SMARTS) is 1. The van der Waals surface area contributed by atoms with Gasteiger partial charge in [0, 0.05) is 38.3 Å². The number of nitrogens with two attached hydrogens (primary N) is 3. The number of hydrogen-bond donors (Lipinski definition) is 9. The second kappa shape index (κ2) is 19.2. The highest BCUT2D eigenvalue weighted by Crippen LogP contribution is 2.09. The van der Waals surface area contributed by atoms with Crippen molar-refractivity contribution in [2.45, 2.75) is 69.1 Å². The summed E-state index contributed by atoms with van der Waals surface area (Å²) in [4.78, 5) is 59.4. The largest absolute Gasteiger partial charge is 0.480 e. The SMILES string of the molecule is CN[C@H](CCCN=C(N)N)C(=O)N[C@@H](Cc1cn(C)c(=S)[nH]1)C(=O)N[C@@H](CCCCN)C(=O)N[C@@H](Cc1ccccc1)C(=O)O. The van der Waals surface area contributed by atoms with Gasteiger partial charge in [0.05, 0.1) is 6.04 Å². The molecule has 3 amide bonds. The molecule has 1 aromatic carbocycles. The summed E-state index contributed by atoms with van der Waals surface area (Å²) in [6.07, 6.45) is 4.04. The average molecular weight is 647 g/mol. The van der Waals surface area contributed by atoms with Crippen molar-refractivity contribution in [2.75, 3.05) is 20.1 Å². The molecule has 0 saturated carbocycles. The van der Waals surface area contributed by atoms with Gasteiger partial charge >= 0.3 is 5.97 Å². The topological polar surface area (TPSA) is 248 Å². The van der Waals surface area contributed by atoms with Crippen LogP contribution >= 0.6 is 12.2 Å². The van der Waals surface area contributed by atoms with Crippen LogP contribution in [0.1, 0.15) is 43.4 Å². The van der Waals surface area contributed by atoms with Crippen molar-refractivity contribution < 1.29 is 24.3 Å². The van der Waals surface area contributed by atoms with Gasteiger partial charge in [0.1, 0.15) is 18.1 Å². The summed E-state index contributed by atoms with van der Waals surface area (Å²) in [5.41, 5.74) is 17.7. The number of H-pyrrole nitrogens is 1. The minimum atomic E-state index is -1.22. The predicted octanol–water partition coefficient (Wildman–Crippen LogP) is -0.823. The van der Waals surface area contributed by atoms with E-state index in [0.29, 0.717) is 49.2 Å². The van der Waals surface area contributed by atoms with Gasteiger partial charge in [-0.05, 0) is 63.5 Å². The van der Waals surface area contributed by atoms with Gasteiger partial charge in [-0.15, -0.1) is 0 Å². The molecular formula is C29H46N10O5S. The third-order valence-electron chi connectivity index (χ3n) is 7.08. The number of benzene rings is 1. The maximum atomic E-state index is 13.7. The number of amides is 3. The lowest BCUT2D eigenvalue weighted by atomic mass is 10.0. The quantitative estimate of drug-likeness (QED) is 0.0374. The molecule has 0 bridgehead atoms. The summed E-state index contributed by atoms with van der Waals surface area (Å²) in [5.74, 6) is -2.96. The molecular weight excluding hydrogens is 600 g/mol. The van der Waals surface area contributed by atoms with E-state index in [9.17, 15) is 24.3 Å². The molecule has 12 N–H and O–H groups in total. The Labute approximate surface area is 267 Å². The Kier molecular flexibility index (Phi) is 15.7. The number of hydrogen-bond acceptors (Lipinski definition) is 8. The number of imidazole rings is 1. The summed E-state index contributed by atoms with van der Waals surface area (Å²) >= 11 is 5.26. The first kappa shape index (κ1) is 36.9. The molecule has 1 aromatic heterocycles. The molecule has 0 unspecified atom stereocenters. The monoisotopic (exact) mass is 646 g/mol. The Balaban J connectivity index is 2.25. The zero-order valence-corrected chi connectivity index (χ0v) is 26.6. The van der Waals surface area contributed by atoms with Gasteiger partial charge in [0.2, 0.25) is 17.7 Å². The van der Waals surface area contributed by atoms with Crippen LogP contribution in [0.15, 0.2) is 41.5 Å². The van der Waals surface area contributed by atoms with Crippen molar-refractivity contribution in [3.8, 4) is 0 Å². The minimum Gasteiger partial charge on any atom is -0.480 e. The van der Waals surface area contributed by atoms with Crippen LogP contribution in [0.5, 0.6) is 0 Å². The minimum absolute atomic E-state index is 0.0442. The van der Waals surface area contributed by atoms with Gasteiger partial charge in [0.15, 0.2) is 10.7 Å². The number of aliphatic carboxylic acids is 1. The smallest absolute Gasteiger partial charge is 0.326 e. The Morgan fingerprint density at radius 2 is 1.51 bits per heavy atom. The number of nitrogens with one attached hydrogen (secondary N) is 5. The second-order valence-electron chi connectivity index (χ2n) is 10.7. The fourth-order valence-corrected chi connectivity index (χ4v) is 4.81. The number of carbonyl (C=O) groups is 4. The highest BCUT2D eigenvalue weighted by atomic mass is 32.1. The van der Waals surface area contributed by atoms with E-state index in [1.807, 2.05) is 6.07 Å². The van der Waals surface area contributed by atoms with Crippen LogP contribution in [0.25, 0.3) is 0 Å². The molecule has 45 heavy (non-hydrogen) atoms. The van der Waals surface area contributed by atoms with E-state index >= 15 is 0 Å². The lowest BCUT2D eigenvalue weighted by molar-refractivity contribution is -0.142. The highest BCUT2D eigenvalue weighted by molar-refractivity contribution is 7.71. The standard InChI is InChI=1S/C29H46N10O5S/c1-33-20(12-8-14-34-28(31)32)24(40)37-22(16-19-17-39(2)29(45)35-19)26(42)36-21(11-6-7-13-30)25(41)38-23(27(43)44)15-18-9-4-3-5-10-18/h3-5,9-10,17,20-23,33H,6-8,11-16,30H2,1-2H3,(H,35,45)(H,36,42)(H,37,40)(H,38,41)(H,43,44)(H4,31,32,34)/t20-,21+,22+,23+/m1/s1. The molecule has 248 valence electrons. The molecule has 0 aliphatic carbocycles. The average Bonchev–Trinajstić information content (AvgIpc) is 3.31. The normalized spacial score (nSPS) is 13.6. The number of nitrogens with zero attached hydrogens (tertiary/aromatic N) is 2. The van der Waals surface area contributed by atoms with Crippen molar-refractivity contribution in [2.24, 2.45) is 29.2 Å². The lowest BCUT2D eigenvalue weighted by Gasteiger charge is -2.26. The fraction of sp³-hybridized carbons (Fsp3) is 0.517. The van der Waals surface area contributed by atoms with Crippen LogP contribution in [-0.4, -0.2) is 88.6 Å². The van der Waals surface area contributed by atoms with Gasteiger partial charge in [-0.25, -0.2) is 4.79 Å². The number of likely N-dealkylation sites (N-methyl/N-ethyl adjacent to an activating group) is 1. The fourth-order valence-electron chi connectivity index (χ4n) is 4.62. The molecule has 1 heterocycles. The van der Waals surface area contributed by atoms with Crippen molar-refractivity contribution in [3.05, 3.63) is 52.6 Å². The first-order valence-electron chi connectivity index (χ1n) is 14.8. The van der Waals surface area contributed by atoms with E-state index < -0.39 is 47.9 Å². The third kappa shape index (κ3) is 13.1. The number of carboxylic acids is 1. The Bertz CT molecular complexity index is 1340. The summed E-state index contributed by atoms with van der Waals surface area (Å²) in [7, 11) is 3.37. The molecule has 0 spiro atoms.